The number of nitrogens with two attached hydrogens (primary N) is 2. The number of amides is 4. The van der Waals surface area contributed by atoms with Gasteiger partial charge in [-0.25, -0.2) is 4.79 Å². The Morgan fingerprint density at radius 2 is 1.68 bits per heavy atom. The van der Waals surface area contributed by atoms with Crippen LogP contribution in [0.25, 0.3) is 0 Å². The molecule has 0 aromatic heterocycles. The lowest BCUT2D eigenvalue weighted by molar-refractivity contribution is -0.142. The lowest BCUT2D eigenvalue weighted by atomic mass is 10.1. The number of nitrogens with one attached hydrogen (secondary N) is 3. The third-order valence-electron chi connectivity index (χ3n) is 3.51. The Morgan fingerprint density at radius 3 is 2.18 bits per heavy atom. The second-order valence-electron chi connectivity index (χ2n) is 5.81. The molecule has 0 aromatic carbocycles. The van der Waals surface area contributed by atoms with Crippen molar-refractivity contribution < 1.29 is 34.2 Å². The predicted molar refractivity (Wildman–Crippen MR) is 101 cm³/mol. The summed E-state index contributed by atoms with van der Waals surface area (Å²) in [7, 11) is 0. The molecule has 0 aliphatic rings. The molecular formula is C15H27N5O7S. The van der Waals surface area contributed by atoms with E-state index in [9.17, 15) is 29.1 Å². The van der Waals surface area contributed by atoms with Gasteiger partial charge in [-0.2, -0.15) is 11.8 Å². The van der Waals surface area contributed by atoms with Crippen molar-refractivity contribution in [3.63, 3.8) is 0 Å². The van der Waals surface area contributed by atoms with E-state index in [1.165, 1.54) is 11.8 Å². The molecule has 0 aromatic rings. The van der Waals surface area contributed by atoms with Crippen LogP contribution in [0.15, 0.2) is 0 Å². The maximum atomic E-state index is 12.4. The van der Waals surface area contributed by atoms with Crippen molar-refractivity contribution in [3.8, 4) is 0 Å². The molecule has 0 spiro atoms. The van der Waals surface area contributed by atoms with Gasteiger partial charge in [-0.1, -0.05) is 0 Å². The Kier molecular flexibility index (Phi) is 12.6. The van der Waals surface area contributed by atoms with Crippen LogP contribution in [0.5, 0.6) is 0 Å². The number of thioether (sulfide) groups is 1. The van der Waals surface area contributed by atoms with Gasteiger partial charge in [-0.05, 0) is 24.9 Å². The molecule has 12 nitrogen and oxygen atoms in total. The van der Waals surface area contributed by atoms with Gasteiger partial charge in [-0.3, -0.25) is 19.2 Å². The number of carbonyl (C=O) groups is 5. The zero-order valence-electron chi connectivity index (χ0n) is 15.5. The van der Waals surface area contributed by atoms with Crippen LogP contribution in [0.3, 0.4) is 0 Å². The van der Waals surface area contributed by atoms with Gasteiger partial charge in [0.15, 0.2) is 0 Å². The minimum atomic E-state index is -1.23. The number of aliphatic carboxylic acids is 1. The summed E-state index contributed by atoms with van der Waals surface area (Å²) in [5.41, 5.74) is 10.3. The summed E-state index contributed by atoms with van der Waals surface area (Å²) >= 11 is 1.41. The molecule has 160 valence electrons. The largest absolute Gasteiger partial charge is 0.480 e. The molecule has 0 heterocycles. The van der Waals surface area contributed by atoms with E-state index in [-0.39, 0.29) is 19.3 Å². The van der Waals surface area contributed by atoms with Crippen molar-refractivity contribution in [1.29, 1.82) is 0 Å². The normalized spacial score (nSPS) is 13.7. The van der Waals surface area contributed by atoms with Gasteiger partial charge in [0.2, 0.25) is 23.6 Å². The fraction of sp³-hybridized carbons (Fsp3) is 0.667. The Bertz CT molecular complexity index is 575. The maximum Gasteiger partial charge on any atom is 0.326 e. The number of rotatable bonds is 14. The van der Waals surface area contributed by atoms with E-state index in [2.05, 4.69) is 16.0 Å². The molecule has 3 atom stereocenters. The van der Waals surface area contributed by atoms with Gasteiger partial charge in [0.05, 0.1) is 13.2 Å². The van der Waals surface area contributed by atoms with Crippen molar-refractivity contribution in [1.82, 2.24) is 16.0 Å². The summed E-state index contributed by atoms with van der Waals surface area (Å²) in [5, 5.41) is 24.8. The molecule has 0 aliphatic heterocycles. The molecule has 0 rings (SSSR count). The molecule has 0 fully saturated rings. The molecule has 0 radical (unpaired) electrons. The second-order valence-corrected chi connectivity index (χ2v) is 6.80. The monoisotopic (exact) mass is 421 g/mol. The highest BCUT2D eigenvalue weighted by molar-refractivity contribution is 7.98. The van der Waals surface area contributed by atoms with Crippen LogP contribution in [0.1, 0.15) is 19.3 Å². The first kappa shape index (κ1) is 25.6. The molecule has 3 unspecified atom stereocenters. The van der Waals surface area contributed by atoms with E-state index >= 15 is 0 Å². The number of hydrogen-bond donors (Lipinski definition) is 7. The van der Waals surface area contributed by atoms with E-state index in [0.717, 1.165) is 0 Å². The number of hydrogen-bond acceptors (Lipinski definition) is 8. The average molecular weight is 421 g/mol. The number of primary amides is 1. The summed E-state index contributed by atoms with van der Waals surface area (Å²) in [5.74, 6) is -3.76. The Hall–Kier alpha value is -2.38. The number of carboxylic acid groups (broad SMARTS) is 1. The summed E-state index contributed by atoms with van der Waals surface area (Å²) < 4.78 is 0. The Labute approximate surface area is 166 Å². The van der Waals surface area contributed by atoms with Crippen LogP contribution in [0.2, 0.25) is 0 Å². The zero-order valence-corrected chi connectivity index (χ0v) is 16.3. The molecule has 0 saturated heterocycles. The van der Waals surface area contributed by atoms with E-state index < -0.39 is 60.9 Å². The standard InChI is InChI=1S/C15H27N5O7S/c1-28-5-4-10(15(26)27)20-14(25)9(2-3-11(17)22)19-12(23)6-18-13(24)8(16)7-21/h8-10,21H,2-7,16H2,1H3,(H2,17,22)(H,18,24)(H,19,23)(H,20,25)(H,26,27). The lowest BCUT2D eigenvalue weighted by Gasteiger charge is -2.21. The summed E-state index contributed by atoms with van der Waals surface area (Å²) in [6.07, 6.45) is 1.59. The van der Waals surface area contributed by atoms with E-state index in [0.29, 0.717) is 5.75 Å². The van der Waals surface area contributed by atoms with Crippen molar-refractivity contribution in [2.24, 2.45) is 11.5 Å². The van der Waals surface area contributed by atoms with Gasteiger partial charge in [0.25, 0.3) is 0 Å². The van der Waals surface area contributed by atoms with Crippen molar-refractivity contribution in [2.45, 2.75) is 37.4 Å². The van der Waals surface area contributed by atoms with Gasteiger partial charge in [0, 0.05) is 6.42 Å². The number of aliphatic hydroxyl groups is 1. The van der Waals surface area contributed by atoms with Gasteiger partial charge in [0.1, 0.15) is 18.1 Å². The topological polar surface area (TPSA) is 214 Å². The third kappa shape index (κ3) is 10.7. The van der Waals surface area contributed by atoms with Crippen molar-refractivity contribution >= 4 is 41.4 Å². The van der Waals surface area contributed by atoms with Crippen LogP contribution in [-0.2, 0) is 24.0 Å². The smallest absolute Gasteiger partial charge is 0.326 e. The molecule has 0 saturated carbocycles. The first-order chi connectivity index (χ1) is 13.1. The third-order valence-corrected chi connectivity index (χ3v) is 4.16. The van der Waals surface area contributed by atoms with Crippen molar-refractivity contribution in [2.75, 3.05) is 25.2 Å². The highest BCUT2D eigenvalue weighted by Crippen LogP contribution is 2.04. The lowest BCUT2D eigenvalue weighted by Crippen LogP contribution is -2.54. The molecular weight excluding hydrogens is 394 g/mol. The fourth-order valence-electron chi connectivity index (χ4n) is 1.95. The van der Waals surface area contributed by atoms with Crippen LogP contribution in [-0.4, -0.2) is 83.1 Å². The zero-order chi connectivity index (χ0) is 21.7. The molecule has 13 heteroatoms. The van der Waals surface area contributed by atoms with E-state index in [1.54, 1.807) is 6.26 Å². The first-order valence-corrected chi connectivity index (χ1v) is 9.75. The molecule has 0 bridgehead atoms. The Balaban J connectivity index is 4.92. The first-order valence-electron chi connectivity index (χ1n) is 8.36. The van der Waals surface area contributed by atoms with Gasteiger partial charge < -0.3 is 37.6 Å². The molecule has 0 aliphatic carbocycles. The maximum absolute atomic E-state index is 12.4. The average Bonchev–Trinajstić information content (AvgIpc) is 2.64. The number of carbonyl (C=O) groups excluding carboxylic acids is 4. The second kappa shape index (κ2) is 13.7. The summed E-state index contributed by atoms with van der Waals surface area (Å²) in [6, 6.07) is -3.58. The van der Waals surface area contributed by atoms with Gasteiger partial charge in [-0.15, -0.1) is 0 Å². The summed E-state index contributed by atoms with van der Waals surface area (Å²) in [4.78, 5) is 58.0. The van der Waals surface area contributed by atoms with Gasteiger partial charge >= 0.3 is 5.97 Å². The van der Waals surface area contributed by atoms with Crippen LogP contribution in [0, 0.1) is 0 Å². The summed E-state index contributed by atoms with van der Waals surface area (Å²) in [6.45, 7) is -1.13. The van der Waals surface area contributed by atoms with E-state index in [1.807, 2.05) is 0 Å². The highest BCUT2D eigenvalue weighted by Gasteiger charge is 2.26. The minimum Gasteiger partial charge on any atom is -0.480 e. The Morgan fingerprint density at radius 1 is 1.04 bits per heavy atom. The molecule has 4 amide bonds. The molecule has 9 N–H and O–H groups in total. The minimum absolute atomic E-state index is 0.147. The SMILES string of the molecule is CSCCC(NC(=O)C(CCC(N)=O)NC(=O)CNC(=O)C(N)CO)C(=O)O. The highest BCUT2D eigenvalue weighted by atomic mass is 32.2. The van der Waals surface area contributed by atoms with Crippen LogP contribution < -0.4 is 27.4 Å². The van der Waals surface area contributed by atoms with Crippen LogP contribution in [0.4, 0.5) is 0 Å². The van der Waals surface area contributed by atoms with Crippen LogP contribution >= 0.6 is 11.8 Å². The van der Waals surface area contributed by atoms with E-state index in [4.69, 9.17) is 16.6 Å². The fourth-order valence-corrected chi connectivity index (χ4v) is 2.42. The van der Waals surface area contributed by atoms with Crippen molar-refractivity contribution in [3.05, 3.63) is 0 Å². The number of carboxylic acids is 1. The number of aliphatic hydroxyl groups excluding tert-OH is 1. The predicted octanol–water partition coefficient (Wildman–Crippen LogP) is -3.50. The molecule has 28 heavy (non-hydrogen) atoms. The quantitative estimate of drug-likeness (QED) is 0.148.